The fourth-order valence-corrected chi connectivity index (χ4v) is 2.89. The standard InChI is InChI=1S/C9H13NOS/c1-6-2-3-12-8(6)9(11)4-7(10)5-9/h2-3,7,11H,4-5,10H2,1H3. The fourth-order valence-electron chi connectivity index (χ4n) is 1.84. The van der Waals surface area contributed by atoms with Crippen molar-refractivity contribution in [2.24, 2.45) is 5.73 Å². The quantitative estimate of drug-likeness (QED) is 0.690. The first-order chi connectivity index (χ1) is 5.62. The van der Waals surface area contributed by atoms with E-state index in [0.717, 1.165) is 4.88 Å². The van der Waals surface area contributed by atoms with Crippen LogP contribution in [0.5, 0.6) is 0 Å². The summed E-state index contributed by atoms with van der Waals surface area (Å²) < 4.78 is 0. The summed E-state index contributed by atoms with van der Waals surface area (Å²) in [6.07, 6.45) is 1.43. The van der Waals surface area contributed by atoms with Gasteiger partial charge in [-0.25, -0.2) is 0 Å². The van der Waals surface area contributed by atoms with E-state index in [1.807, 2.05) is 18.4 Å². The van der Waals surface area contributed by atoms with Gasteiger partial charge < -0.3 is 10.8 Å². The van der Waals surface area contributed by atoms with E-state index in [0.29, 0.717) is 12.8 Å². The van der Waals surface area contributed by atoms with E-state index in [2.05, 4.69) is 0 Å². The van der Waals surface area contributed by atoms with Crippen LogP contribution in [-0.4, -0.2) is 11.1 Å². The molecule has 0 unspecified atom stereocenters. The van der Waals surface area contributed by atoms with Crippen LogP contribution in [0.3, 0.4) is 0 Å². The molecule has 0 atom stereocenters. The molecule has 1 aliphatic rings. The molecule has 3 N–H and O–H groups in total. The zero-order valence-electron chi connectivity index (χ0n) is 7.08. The molecule has 0 saturated heterocycles. The highest BCUT2D eigenvalue weighted by Gasteiger charge is 2.43. The molecule has 0 amide bonds. The molecule has 1 aromatic heterocycles. The first-order valence-corrected chi connectivity index (χ1v) is 5.02. The van der Waals surface area contributed by atoms with Gasteiger partial charge in [-0.15, -0.1) is 11.3 Å². The first-order valence-electron chi connectivity index (χ1n) is 4.14. The largest absolute Gasteiger partial charge is 0.384 e. The zero-order chi connectivity index (χ0) is 8.77. The molecule has 1 aliphatic carbocycles. The Labute approximate surface area is 76.0 Å². The summed E-state index contributed by atoms with van der Waals surface area (Å²) in [6, 6.07) is 2.23. The Morgan fingerprint density at radius 1 is 1.67 bits per heavy atom. The molecule has 1 fully saturated rings. The van der Waals surface area contributed by atoms with Crippen LogP contribution in [-0.2, 0) is 5.60 Å². The maximum Gasteiger partial charge on any atom is 0.102 e. The molecule has 1 heterocycles. The summed E-state index contributed by atoms with van der Waals surface area (Å²) in [6.45, 7) is 2.04. The molecule has 0 aliphatic heterocycles. The SMILES string of the molecule is Cc1ccsc1C1(O)CC(N)C1. The number of hydrogen-bond donors (Lipinski definition) is 2. The van der Waals surface area contributed by atoms with Crippen molar-refractivity contribution in [3.05, 3.63) is 21.9 Å². The van der Waals surface area contributed by atoms with Crippen LogP contribution >= 0.6 is 11.3 Å². The lowest BCUT2D eigenvalue weighted by Crippen LogP contribution is -2.48. The lowest BCUT2D eigenvalue weighted by molar-refractivity contribution is -0.0495. The van der Waals surface area contributed by atoms with Gasteiger partial charge in [-0.05, 0) is 36.8 Å². The van der Waals surface area contributed by atoms with E-state index in [1.54, 1.807) is 11.3 Å². The Morgan fingerprint density at radius 3 is 2.75 bits per heavy atom. The molecule has 2 nitrogen and oxygen atoms in total. The van der Waals surface area contributed by atoms with Gasteiger partial charge in [0.05, 0.1) is 0 Å². The molecule has 0 bridgehead atoms. The first kappa shape index (κ1) is 8.23. The van der Waals surface area contributed by atoms with Crippen molar-refractivity contribution in [2.75, 3.05) is 0 Å². The number of rotatable bonds is 1. The zero-order valence-corrected chi connectivity index (χ0v) is 7.90. The average molecular weight is 183 g/mol. The van der Waals surface area contributed by atoms with Crippen LogP contribution in [0.4, 0.5) is 0 Å². The van der Waals surface area contributed by atoms with Crippen LogP contribution in [0.15, 0.2) is 11.4 Å². The summed E-state index contributed by atoms with van der Waals surface area (Å²) in [4.78, 5) is 1.10. The molecule has 0 aromatic carbocycles. The molecule has 0 radical (unpaired) electrons. The highest BCUT2D eigenvalue weighted by Crippen LogP contribution is 2.43. The number of thiophene rings is 1. The smallest absolute Gasteiger partial charge is 0.102 e. The average Bonchev–Trinajstić information content (AvgIpc) is 2.32. The van der Waals surface area contributed by atoms with Gasteiger partial charge in [0, 0.05) is 10.9 Å². The van der Waals surface area contributed by atoms with Gasteiger partial charge in [-0.3, -0.25) is 0 Å². The minimum Gasteiger partial charge on any atom is -0.384 e. The summed E-state index contributed by atoms with van der Waals surface area (Å²) in [5.41, 5.74) is 6.24. The molecule has 2 rings (SSSR count). The minimum absolute atomic E-state index is 0.191. The summed E-state index contributed by atoms with van der Waals surface area (Å²) in [7, 11) is 0. The number of nitrogens with two attached hydrogens (primary N) is 1. The number of aliphatic hydroxyl groups is 1. The molecule has 1 saturated carbocycles. The lowest BCUT2D eigenvalue weighted by atomic mass is 9.74. The van der Waals surface area contributed by atoms with Crippen LogP contribution in [0.1, 0.15) is 23.3 Å². The molecular weight excluding hydrogens is 170 g/mol. The highest BCUT2D eigenvalue weighted by molar-refractivity contribution is 7.10. The highest BCUT2D eigenvalue weighted by atomic mass is 32.1. The van der Waals surface area contributed by atoms with Gasteiger partial charge in [0.15, 0.2) is 0 Å². The molecule has 1 aromatic rings. The third kappa shape index (κ3) is 1.09. The number of hydrogen-bond acceptors (Lipinski definition) is 3. The van der Waals surface area contributed by atoms with Gasteiger partial charge in [-0.2, -0.15) is 0 Å². The topological polar surface area (TPSA) is 46.2 Å². The third-order valence-electron chi connectivity index (χ3n) is 2.48. The fraction of sp³-hybridized carbons (Fsp3) is 0.556. The maximum absolute atomic E-state index is 10.1. The molecule has 66 valence electrons. The van der Waals surface area contributed by atoms with Gasteiger partial charge in [0.1, 0.15) is 5.60 Å². The van der Waals surface area contributed by atoms with Gasteiger partial charge in [-0.1, -0.05) is 0 Å². The van der Waals surface area contributed by atoms with Gasteiger partial charge in [0.25, 0.3) is 0 Å². The van der Waals surface area contributed by atoms with Gasteiger partial charge in [0.2, 0.25) is 0 Å². The predicted octanol–water partition coefficient (Wildman–Crippen LogP) is 1.37. The van der Waals surface area contributed by atoms with Crippen LogP contribution in [0.2, 0.25) is 0 Å². The van der Waals surface area contributed by atoms with Crippen molar-refractivity contribution in [3.8, 4) is 0 Å². The van der Waals surface area contributed by atoms with E-state index in [1.165, 1.54) is 5.56 Å². The monoisotopic (exact) mass is 183 g/mol. The van der Waals surface area contributed by atoms with E-state index in [9.17, 15) is 5.11 Å². The second-order valence-corrected chi connectivity index (χ2v) is 4.55. The Balaban J connectivity index is 2.26. The lowest BCUT2D eigenvalue weighted by Gasteiger charge is -2.41. The van der Waals surface area contributed by atoms with Crippen molar-refractivity contribution in [1.29, 1.82) is 0 Å². The Bertz CT molecular complexity index is 288. The van der Waals surface area contributed by atoms with Crippen LogP contribution < -0.4 is 5.73 Å². The summed E-state index contributed by atoms with van der Waals surface area (Å²) in [5.74, 6) is 0. The molecule has 3 heteroatoms. The maximum atomic E-state index is 10.1. The third-order valence-corrected chi connectivity index (χ3v) is 3.69. The van der Waals surface area contributed by atoms with E-state index in [4.69, 9.17) is 5.73 Å². The second kappa shape index (κ2) is 2.55. The second-order valence-electron chi connectivity index (χ2n) is 3.63. The van der Waals surface area contributed by atoms with Crippen molar-refractivity contribution in [2.45, 2.75) is 31.4 Å². The minimum atomic E-state index is -0.600. The summed E-state index contributed by atoms with van der Waals surface area (Å²) in [5, 5.41) is 12.1. The van der Waals surface area contributed by atoms with Crippen molar-refractivity contribution >= 4 is 11.3 Å². The normalized spacial score (nSPS) is 34.8. The Kier molecular flexibility index (Phi) is 1.75. The Morgan fingerprint density at radius 2 is 2.33 bits per heavy atom. The molecular formula is C9H13NOS. The van der Waals surface area contributed by atoms with Crippen molar-refractivity contribution in [1.82, 2.24) is 0 Å². The van der Waals surface area contributed by atoms with E-state index >= 15 is 0 Å². The van der Waals surface area contributed by atoms with E-state index in [-0.39, 0.29) is 6.04 Å². The van der Waals surface area contributed by atoms with Crippen molar-refractivity contribution in [3.63, 3.8) is 0 Å². The molecule has 0 spiro atoms. The summed E-state index contributed by atoms with van der Waals surface area (Å²) >= 11 is 1.63. The Hall–Kier alpha value is -0.380. The van der Waals surface area contributed by atoms with Crippen LogP contribution in [0, 0.1) is 6.92 Å². The van der Waals surface area contributed by atoms with Crippen molar-refractivity contribution < 1.29 is 5.11 Å². The number of aryl methyl sites for hydroxylation is 1. The van der Waals surface area contributed by atoms with Gasteiger partial charge >= 0.3 is 0 Å². The van der Waals surface area contributed by atoms with E-state index < -0.39 is 5.60 Å². The van der Waals surface area contributed by atoms with Crippen LogP contribution in [0.25, 0.3) is 0 Å². The predicted molar refractivity (Wildman–Crippen MR) is 50.2 cm³/mol. The molecule has 12 heavy (non-hydrogen) atoms.